The molecule has 0 saturated heterocycles. The van der Waals surface area contributed by atoms with E-state index in [9.17, 15) is 8.78 Å². The molecule has 0 bridgehead atoms. The van der Waals surface area contributed by atoms with Gasteiger partial charge in [0.1, 0.15) is 0 Å². The summed E-state index contributed by atoms with van der Waals surface area (Å²) in [5, 5.41) is 0. The normalized spacial score (nSPS) is 11.6. The number of rotatable bonds is 4. The highest BCUT2D eigenvalue weighted by atomic mass is 19.2. The lowest BCUT2D eigenvalue weighted by Gasteiger charge is -2.17. The maximum absolute atomic E-state index is 14.7. The van der Waals surface area contributed by atoms with Gasteiger partial charge in [-0.05, 0) is 41.9 Å². The molecule has 3 aromatic rings. The summed E-state index contributed by atoms with van der Waals surface area (Å²) in [5.41, 5.74) is 4.54. The molecular weight excluding hydrogens is 338 g/mol. The Morgan fingerprint density at radius 2 is 1.11 bits per heavy atom. The molecule has 3 aromatic carbocycles. The van der Waals surface area contributed by atoms with Crippen LogP contribution in [0.2, 0.25) is 0 Å². The van der Waals surface area contributed by atoms with E-state index in [4.69, 9.17) is 0 Å². The molecule has 0 amide bonds. The predicted octanol–water partition coefficient (Wildman–Crippen LogP) is 7.59. The maximum Gasteiger partial charge on any atom is 0.167 e. The first-order valence-electron chi connectivity index (χ1n) is 9.39. The second kappa shape index (κ2) is 7.64. The largest absolute Gasteiger partial charge is 0.203 e. The van der Waals surface area contributed by atoms with Crippen LogP contribution in [0, 0.1) is 24.0 Å². The molecule has 27 heavy (non-hydrogen) atoms. The fourth-order valence-electron chi connectivity index (χ4n) is 3.10. The van der Waals surface area contributed by atoms with Crippen LogP contribution in [-0.4, -0.2) is 0 Å². The van der Waals surface area contributed by atoms with Crippen LogP contribution < -0.4 is 0 Å². The lowest BCUT2D eigenvalue weighted by Crippen LogP contribution is -2.06. The minimum Gasteiger partial charge on any atom is -0.203 e. The summed E-state index contributed by atoms with van der Waals surface area (Å²) < 4.78 is 29.4. The highest BCUT2D eigenvalue weighted by molar-refractivity contribution is 5.72. The number of halogens is 2. The first kappa shape index (κ1) is 19.3. The van der Waals surface area contributed by atoms with Crippen LogP contribution in [0.15, 0.2) is 60.7 Å². The molecule has 0 heterocycles. The fourth-order valence-corrected chi connectivity index (χ4v) is 3.10. The minimum absolute atomic E-state index is 0.277. The van der Waals surface area contributed by atoms with Crippen molar-refractivity contribution in [2.45, 2.75) is 40.5 Å². The van der Waals surface area contributed by atoms with Gasteiger partial charge in [-0.1, -0.05) is 87.0 Å². The maximum atomic E-state index is 14.7. The van der Waals surface area contributed by atoms with Gasteiger partial charge < -0.3 is 0 Å². The van der Waals surface area contributed by atoms with Crippen LogP contribution in [0.4, 0.5) is 8.78 Å². The van der Waals surface area contributed by atoms with E-state index in [0.717, 1.165) is 18.4 Å². The topological polar surface area (TPSA) is 0 Å². The number of hydrogen-bond donors (Lipinski definition) is 0. The average molecular weight is 364 g/mol. The summed E-state index contributed by atoms with van der Waals surface area (Å²) in [6.45, 7) is 8.62. The van der Waals surface area contributed by atoms with Gasteiger partial charge in [-0.15, -0.1) is 0 Å². The van der Waals surface area contributed by atoms with Crippen molar-refractivity contribution >= 4 is 0 Å². The Kier molecular flexibility index (Phi) is 5.46. The third kappa shape index (κ3) is 4.63. The van der Waals surface area contributed by atoms with Gasteiger partial charge in [-0.3, -0.25) is 0 Å². The molecule has 140 valence electrons. The van der Waals surface area contributed by atoms with Crippen molar-refractivity contribution in [3.05, 3.63) is 83.4 Å². The third-order valence-electron chi connectivity index (χ3n) is 4.87. The Hall–Kier alpha value is -2.48. The van der Waals surface area contributed by atoms with Gasteiger partial charge in [0.05, 0.1) is 0 Å². The molecule has 0 nitrogen and oxygen atoms in total. The summed E-state index contributed by atoms with van der Waals surface area (Å²) in [6.07, 6.45) is 2.06. The molecule has 0 aromatic heterocycles. The fraction of sp³-hybridized carbons (Fsp3) is 0.280. The molecule has 3 rings (SSSR count). The Balaban J connectivity index is 1.87. The summed E-state index contributed by atoms with van der Waals surface area (Å²) in [7, 11) is 0. The standard InChI is InChI=1S/C25H26F2/c1-17-5-9-19(10-6-17)21-13-14-22(24(27)23(21)26)20-11-7-18(8-12-20)15-16-25(2,3)4/h5-14H,15-16H2,1-4H3. The zero-order valence-electron chi connectivity index (χ0n) is 16.4. The summed E-state index contributed by atoms with van der Waals surface area (Å²) >= 11 is 0. The number of hydrogen-bond acceptors (Lipinski definition) is 0. The van der Waals surface area contributed by atoms with Gasteiger partial charge in [-0.2, -0.15) is 0 Å². The molecule has 0 unspecified atom stereocenters. The second-order valence-electron chi connectivity index (χ2n) is 8.41. The van der Waals surface area contributed by atoms with E-state index in [2.05, 4.69) is 20.8 Å². The molecule has 2 heteroatoms. The molecule has 0 aliphatic rings. The van der Waals surface area contributed by atoms with Crippen molar-refractivity contribution in [3.63, 3.8) is 0 Å². The highest BCUT2D eigenvalue weighted by Gasteiger charge is 2.16. The van der Waals surface area contributed by atoms with Gasteiger partial charge in [0, 0.05) is 11.1 Å². The monoisotopic (exact) mass is 364 g/mol. The van der Waals surface area contributed by atoms with E-state index in [1.165, 1.54) is 5.56 Å². The quantitative estimate of drug-likeness (QED) is 0.447. The first-order chi connectivity index (χ1) is 12.7. The minimum atomic E-state index is -0.798. The highest BCUT2D eigenvalue weighted by Crippen LogP contribution is 2.32. The summed E-state index contributed by atoms with van der Waals surface area (Å²) in [4.78, 5) is 0. The summed E-state index contributed by atoms with van der Waals surface area (Å²) in [5.74, 6) is -1.59. The van der Waals surface area contributed by atoms with Crippen molar-refractivity contribution in [2.75, 3.05) is 0 Å². The Morgan fingerprint density at radius 1 is 0.667 bits per heavy atom. The summed E-state index contributed by atoms with van der Waals surface area (Å²) in [6, 6.07) is 18.5. The van der Waals surface area contributed by atoms with E-state index >= 15 is 0 Å². The smallest absolute Gasteiger partial charge is 0.167 e. The second-order valence-corrected chi connectivity index (χ2v) is 8.41. The number of aryl methyl sites for hydroxylation is 2. The average Bonchev–Trinajstić information content (AvgIpc) is 2.63. The van der Waals surface area contributed by atoms with Crippen molar-refractivity contribution in [1.82, 2.24) is 0 Å². The SMILES string of the molecule is Cc1ccc(-c2ccc(-c3ccc(CCC(C)(C)C)cc3)c(F)c2F)cc1. The van der Waals surface area contributed by atoms with Crippen LogP contribution in [-0.2, 0) is 6.42 Å². The lowest BCUT2D eigenvalue weighted by molar-refractivity contribution is 0.378. The molecule has 0 aliphatic carbocycles. The Labute approximate surface area is 160 Å². The molecule has 0 fully saturated rings. The van der Waals surface area contributed by atoms with Gasteiger partial charge in [0.15, 0.2) is 11.6 Å². The van der Waals surface area contributed by atoms with Crippen LogP contribution in [0.25, 0.3) is 22.3 Å². The van der Waals surface area contributed by atoms with Gasteiger partial charge >= 0.3 is 0 Å². The van der Waals surface area contributed by atoms with E-state index in [0.29, 0.717) is 16.7 Å². The zero-order chi connectivity index (χ0) is 19.6. The van der Waals surface area contributed by atoms with Crippen molar-refractivity contribution < 1.29 is 8.78 Å². The van der Waals surface area contributed by atoms with Crippen molar-refractivity contribution in [1.29, 1.82) is 0 Å². The predicted molar refractivity (Wildman–Crippen MR) is 110 cm³/mol. The van der Waals surface area contributed by atoms with Gasteiger partial charge in [0.25, 0.3) is 0 Å². The molecular formula is C25H26F2. The molecule has 0 atom stereocenters. The lowest BCUT2D eigenvalue weighted by atomic mass is 9.88. The van der Waals surface area contributed by atoms with E-state index in [-0.39, 0.29) is 11.0 Å². The third-order valence-corrected chi connectivity index (χ3v) is 4.87. The van der Waals surface area contributed by atoms with Gasteiger partial charge in [0.2, 0.25) is 0 Å². The van der Waals surface area contributed by atoms with Crippen LogP contribution in [0.1, 0.15) is 38.3 Å². The number of benzene rings is 3. The van der Waals surface area contributed by atoms with E-state index in [1.54, 1.807) is 12.1 Å². The Bertz CT molecular complexity index is 914. The molecule has 0 spiro atoms. The Morgan fingerprint density at radius 3 is 1.56 bits per heavy atom. The first-order valence-corrected chi connectivity index (χ1v) is 9.39. The van der Waals surface area contributed by atoms with Crippen molar-refractivity contribution in [2.24, 2.45) is 5.41 Å². The molecule has 0 N–H and O–H groups in total. The van der Waals surface area contributed by atoms with E-state index in [1.807, 2.05) is 55.5 Å². The van der Waals surface area contributed by atoms with Crippen molar-refractivity contribution in [3.8, 4) is 22.3 Å². The van der Waals surface area contributed by atoms with Crippen LogP contribution >= 0.6 is 0 Å². The molecule has 0 saturated carbocycles. The van der Waals surface area contributed by atoms with Crippen LogP contribution in [0.3, 0.4) is 0 Å². The van der Waals surface area contributed by atoms with E-state index < -0.39 is 11.6 Å². The zero-order valence-corrected chi connectivity index (χ0v) is 16.4. The molecule has 0 aliphatic heterocycles. The van der Waals surface area contributed by atoms with Gasteiger partial charge in [-0.25, -0.2) is 8.78 Å². The molecule has 0 radical (unpaired) electrons. The van der Waals surface area contributed by atoms with Crippen LogP contribution in [0.5, 0.6) is 0 Å².